The smallest absolute Gasteiger partial charge is 0.255 e. The molecule has 0 unspecified atom stereocenters. The summed E-state index contributed by atoms with van der Waals surface area (Å²) >= 11 is 5.15. The summed E-state index contributed by atoms with van der Waals surface area (Å²) in [6.07, 6.45) is 1.25. The lowest BCUT2D eigenvalue weighted by molar-refractivity contribution is -0.120. The van der Waals surface area contributed by atoms with Crippen LogP contribution in [0.1, 0.15) is 5.56 Å². The summed E-state index contributed by atoms with van der Waals surface area (Å²) in [5.41, 5.74) is 12.5. The molecule has 0 aliphatic heterocycles. The average molecular weight is 276 g/mol. The number of rotatable bonds is 3. The number of nitrogens with one attached hydrogen (secondary N) is 1. The zero-order chi connectivity index (χ0) is 14.2. The van der Waals surface area contributed by atoms with Gasteiger partial charge in [0.1, 0.15) is 5.57 Å². The number of benzene rings is 1. The van der Waals surface area contributed by atoms with Crippen molar-refractivity contribution in [2.45, 2.75) is 6.92 Å². The number of carbonyl (C=O) groups excluding carboxylic acids is 2. The first-order valence-corrected chi connectivity index (χ1v) is 5.83. The Hall–Kier alpha value is -2.41. The second kappa shape index (κ2) is 4.69. The van der Waals surface area contributed by atoms with Gasteiger partial charge in [0, 0.05) is 6.20 Å². The summed E-state index contributed by atoms with van der Waals surface area (Å²) in [6.45, 7) is 1.95. The van der Waals surface area contributed by atoms with E-state index in [0.717, 1.165) is 16.6 Å². The second-order valence-electron chi connectivity index (χ2n) is 4.09. The van der Waals surface area contributed by atoms with Gasteiger partial charge in [-0.15, -0.1) is 0 Å². The van der Waals surface area contributed by atoms with E-state index in [9.17, 15) is 9.59 Å². The summed E-state index contributed by atoms with van der Waals surface area (Å²) in [7, 11) is 0. The molecule has 0 radical (unpaired) electrons. The van der Waals surface area contributed by atoms with Crippen LogP contribution >= 0.6 is 12.2 Å². The van der Waals surface area contributed by atoms with E-state index < -0.39 is 11.8 Å². The lowest BCUT2D eigenvalue weighted by Gasteiger charge is -2.01. The number of aryl methyl sites for hydroxylation is 1. The quantitative estimate of drug-likeness (QED) is 0.334. The predicted molar refractivity (Wildman–Crippen MR) is 74.5 cm³/mol. The van der Waals surface area contributed by atoms with E-state index in [-0.39, 0.29) is 5.57 Å². The number of hydrogen-bond acceptors (Lipinski definition) is 3. The molecule has 5 N–H and O–H groups in total. The first-order valence-electron chi connectivity index (χ1n) is 5.42. The molecule has 7 heteroatoms. The molecule has 1 heterocycles. The molecule has 0 fully saturated rings. The van der Waals surface area contributed by atoms with Gasteiger partial charge in [0.2, 0.25) is 0 Å². The number of nitrogens with two attached hydrogens (primary N) is 2. The summed E-state index contributed by atoms with van der Waals surface area (Å²) in [4.78, 5) is 25.3. The Bertz CT molecular complexity index is 754. The molecule has 0 saturated carbocycles. The second-order valence-corrected chi connectivity index (χ2v) is 4.48. The summed E-state index contributed by atoms with van der Waals surface area (Å²) < 4.78 is 1.84. The van der Waals surface area contributed by atoms with Crippen LogP contribution in [0.15, 0.2) is 23.8 Å². The first kappa shape index (κ1) is 13.0. The fourth-order valence-electron chi connectivity index (χ4n) is 1.75. The maximum absolute atomic E-state index is 11.2. The molecule has 0 spiro atoms. The number of aromatic amines is 1. The van der Waals surface area contributed by atoms with Crippen LogP contribution in [-0.4, -0.2) is 21.4 Å². The number of primary amides is 2. The molecule has 2 rings (SSSR count). The van der Waals surface area contributed by atoms with Crippen molar-refractivity contribution in [2.75, 3.05) is 0 Å². The fourth-order valence-corrected chi connectivity index (χ4v) is 2.01. The van der Waals surface area contributed by atoms with Crippen LogP contribution in [0.3, 0.4) is 0 Å². The topological polar surface area (TPSA) is 107 Å². The van der Waals surface area contributed by atoms with Gasteiger partial charge in [0.05, 0.1) is 11.0 Å². The Morgan fingerprint density at radius 1 is 1.32 bits per heavy atom. The van der Waals surface area contributed by atoms with Gasteiger partial charge in [0.15, 0.2) is 4.77 Å². The Labute approximate surface area is 113 Å². The van der Waals surface area contributed by atoms with Crippen molar-refractivity contribution < 1.29 is 9.59 Å². The summed E-state index contributed by atoms with van der Waals surface area (Å²) in [5, 5.41) is 0. The first-order chi connectivity index (χ1) is 8.90. The molecular formula is C12H12N4O2S. The van der Waals surface area contributed by atoms with Gasteiger partial charge in [-0.3, -0.25) is 14.2 Å². The molecule has 0 aliphatic carbocycles. The molecular weight excluding hydrogens is 264 g/mol. The zero-order valence-electron chi connectivity index (χ0n) is 10.1. The number of hydrogen-bond donors (Lipinski definition) is 3. The van der Waals surface area contributed by atoms with Crippen LogP contribution in [-0.2, 0) is 9.59 Å². The van der Waals surface area contributed by atoms with Gasteiger partial charge >= 0.3 is 0 Å². The maximum Gasteiger partial charge on any atom is 0.255 e. The molecule has 0 aliphatic rings. The van der Waals surface area contributed by atoms with E-state index in [1.807, 2.05) is 25.1 Å². The van der Waals surface area contributed by atoms with Gasteiger partial charge in [0.25, 0.3) is 11.8 Å². The highest BCUT2D eigenvalue weighted by atomic mass is 32.1. The molecule has 19 heavy (non-hydrogen) atoms. The van der Waals surface area contributed by atoms with Crippen molar-refractivity contribution in [3.8, 4) is 0 Å². The minimum Gasteiger partial charge on any atom is -0.365 e. The SMILES string of the molecule is Cc1ccc2c(c1)[nH]c(=S)n2C=C(C(N)=O)C(N)=O. The molecule has 98 valence electrons. The highest BCUT2D eigenvalue weighted by molar-refractivity contribution is 7.71. The van der Waals surface area contributed by atoms with Crippen LogP contribution in [0, 0.1) is 11.7 Å². The van der Waals surface area contributed by atoms with Gasteiger partial charge in [-0.1, -0.05) is 6.07 Å². The third kappa shape index (κ3) is 2.41. The molecule has 2 aromatic rings. The van der Waals surface area contributed by atoms with Gasteiger partial charge in [-0.2, -0.15) is 0 Å². The van der Waals surface area contributed by atoms with E-state index in [0.29, 0.717) is 4.77 Å². The normalized spacial score (nSPS) is 10.4. The lowest BCUT2D eigenvalue weighted by atomic mass is 10.2. The molecule has 2 amide bonds. The van der Waals surface area contributed by atoms with Crippen LogP contribution in [0.4, 0.5) is 0 Å². The fraction of sp³-hybridized carbons (Fsp3) is 0.0833. The highest BCUT2D eigenvalue weighted by Gasteiger charge is 2.13. The minimum absolute atomic E-state index is 0.308. The summed E-state index contributed by atoms with van der Waals surface area (Å²) in [6, 6.07) is 5.63. The molecule has 0 bridgehead atoms. The van der Waals surface area contributed by atoms with E-state index in [4.69, 9.17) is 23.7 Å². The molecule has 0 saturated heterocycles. The predicted octanol–water partition coefficient (Wildman–Crippen LogP) is 0.819. The highest BCUT2D eigenvalue weighted by Crippen LogP contribution is 2.17. The number of fused-ring (bicyclic) bond motifs is 1. The number of carbonyl (C=O) groups is 2. The molecule has 1 aromatic carbocycles. The molecule has 0 atom stereocenters. The standard InChI is InChI=1S/C12H12N4O2S/c1-6-2-3-9-8(4-6)15-12(19)16(9)5-7(10(13)17)11(14)18/h2-5H,1H3,(H2,13,17)(H2,14,18)(H,15,19). The number of amides is 2. The van der Waals surface area contributed by atoms with Crippen molar-refractivity contribution in [3.05, 3.63) is 34.1 Å². The maximum atomic E-state index is 11.2. The largest absolute Gasteiger partial charge is 0.365 e. The van der Waals surface area contributed by atoms with Crippen molar-refractivity contribution in [1.82, 2.24) is 9.55 Å². The van der Waals surface area contributed by atoms with Crippen LogP contribution in [0.25, 0.3) is 17.2 Å². The van der Waals surface area contributed by atoms with Crippen LogP contribution in [0.2, 0.25) is 0 Å². The van der Waals surface area contributed by atoms with E-state index in [1.54, 1.807) is 0 Å². The average Bonchev–Trinajstić information content (AvgIpc) is 2.60. The van der Waals surface area contributed by atoms with E-state index >= 15 is 0 Å². The Morgan fingerprint density at radius 3 is 2.53 bits per heavy atom. The van der Waals surface area contributed by atoms with Crippen molar-refractivity contribution in [1.29, 1.82) is 0 Å². The third-order valence-corrected chi connectivity index (χ3v) is 2.96. The van der Waals surface area contributed by atoms with Gasteiger partial charge in [-0.25, -0.2) is 0 Å². The Balaban J connectivity index is 2.72. The number of nitrogens with zero attached hydrogens (tertiary/aromatic N) is 1. The third-order valence-electron chi connectivity index (χ3n) is 2.66. The lowest BCUT2D eigenvalue weighted by Crippen LogP contribution is -2.26. The molecule has 6 nitrogen and oxygen atoms in total. The molecule has 1 aromatic heterocycles. The van der Waals surface area contributed by atoms with Crippen molar-refractivity contribution in [3.63, 3.8) is 0 Å². The van der Waals surface area contributed by atoms with Crippen molar-refractivity contribution in [2.24, 2.45) is 11.5 Å². The van der Waals surface area contributed by atoms with Crippen LogP contribution < -0.4 is 11.5 Å². The zero-order valence-corrected chi connectivity index (χ0v) is 11.0. The van der Waals surface area contributed by atoms with E-state index in [2.05, 4.69) is 4.98 Å². The number of H-pyrrole nitrogens is 1. The monoisotopic (exact) mass is 276 g/mol. The Kier molecular flexibility index (Phi) is 3.22. The van der Waals surface area contributed by atoms with Gasteiger partial charge in [-0.05, 0) is 36.8 Å². The Morgan fingerprint density at radius 2 is 1.95 bits per heavy atom. The number of imidazole rings is 1. The number of aromatic nitrogens is 2. The van der Waals surface area contributed by atoms with Crippen LogP contribution in [0.5, 0.6) is 0 Å². The van der Waals surface area contributed by atoms with Crippen molar-refractivity contribution >= 4 is 41.3 Å². The summed E-state index contributed by atoms with van der Waals surface area (Å²) in [5.74, 6) is -1.79. The van der Waals surface area contributed by atoms with E-state index in [1.165, 1.54) is 10.8 Å². The van der Waals surface area contributed by atoms with Gasteiger partial charge < -0.3 is 16.5 Å². The minimum atomic E-state index is -0.893.